The van der Waals surface area contributed by atoms with Crippen molar-refractivity contribution in [2.45, 2.75) is 24.4 Å². The van der Waals surface area contributed by atoms with Gasteiger partial charge in [-0.1, -0.05) is 13.5 Å². The van der Waals surface area contributed by atoms with Crippen LogP contribution >= 0.6 is 11.9 Å². The predicted molar refractivity (Wildman–Crippen MR) is 115 cm³/mol. The van der Waals surface area contributed by atoms with Gasteiger partial charge in [-0.05, 0) is 54.8 Å². The lowest BCUT2D eigenvalue weighted by atomic mass is 10.0. The number of halogens is 5. The number of benzene rings is 1. The molecule has 10 heteroatoms. The van der Waals surface area contributed by atoms with E-state index in [1.165, 1.54) is 18.3 Å². The highest BCUT2D eigenvalue weighted by Gasteiger charge is 2.29. The van der Waals surface area contributed by atoms with Crippen LogP contribution in [0.4, 0.5) is 27.8 Å². The third-order valence-electron chi connectivity index (χ3n) is 4.19. The number of nitrogens with one attached hydrogen (secondary N) is 4. The van der Waals surface area contributed by atoms with Crippen molar-refractivity contribution in [2.24, 2.45) is 0 Å². The fraction of sp³-hybridized carbons (Fsp3) is 0.190. The molecule has 0 unspecified atom stereocenters. The highest BCUT2D eigenvalue weighted by atomic mass is 32.2. The summed E-state index contributed by atoms with van der Waals surface area (Å²) in [6, 6.07) is 4.29. The molecule has 0 aliphatic heterocycles. The first kappa shape index (κ1) is 24.3. The molecule has 0 fully saturated rings. The fourth-order valence-electron chi connectivity index (χ4n) is 2.55. The molecule has 4 N–H and O–H groups in total. The standard InChI is InChI=1S/C21H21F5N4S/c1-4-17(27)19-15(11-29-20(19)28-3)16(23)9-10-18(12(2)22)30-31-14-7-5-13(6-8-14)21(24,25)26/h5-11,27-30H,2,4H2,1,3H3/b16-9+,18-10+,27-17?. The number of hydrogen-bond acceptors (Lipinski definition) is 4. The third kappa shape index (κ3) is 6.24. The average Bonchev–Trinajstić information content (AvgIpc) is 3.16. The smallest absolute Gasteiger partial charge is 0.374 e. The first-order chi connectivity index (χ1) is 14.6. The Kier molecular flexibility index (Phi) is 8.09. The molecule has 0 bridgehead atoms. The van der Waals surface area contributed by atoms with Crippen molar-refractivity contribution in [1.82, 2.24) is 9.71 Å². The van der Waals surface area contributed by atoms with Gasteiger partial charge in [0.05, 0.1) is 11.3 Å². The number of alkyl halides is 3. The Balaban J connectivity index is 2.21. The minimum atomic E-state index is -4.45. The summed E-state index contributed by atoms with van der Waals surface area (Å²) in [5.74, 6) is -1.10. The molecule has 0 amide bonds. The van der Waals surface area contributed by atoms with Gasteiger partial charge in [-0.25, -0.2) is 8.78 Å². The molecule has 1 aromatic heterocycles. The Morgan fingerprint density at radius 2 is 1.84 bits per heavy atom. The van der Waals surface area contributed by atoms with Crippen molar-refractivity contribution in [3.05, 3.63) is 77.4 Å². The van der Waals surface area contributed by atoms with Crippen LogP contribution in [0, 0.1) is 5.41 Å². The topological polar surface area (TPSA) is 63.7 Å². The minimum Gasteiger partial charge on any atom is -0.374 e. The summed E-state index contributed by atoms with van der Waals surface area (Å²) in [6.07, 6.45) is -0.509. The molecule has 31 heavy (non-hydrogen) atoms. The summed E-state index contributed by atoms with van der Waals surface area (Å²) in [7, 11) is 1.64. The van der Waals surface area contributed by atoms with Gasteiger partial charge in [0, 0.05) is 35.0 Å². The Hall–Kier alpha value is -3.01. The highest BCUT2D eigenvalue weighted by molar-refractivity contribution is 7.97. The maximum Gasteiger partial charge on any atom is 0.416 e. The monoisotopic (exact) mass is 456 g/mol. The lowest BCUT2D eigenvalue weighted by Crippen LogP contribution is -2.05. The number of aromatic amines is 1. The van der Waals surface area contributed by atoms with Crippen LogP contribution in [0.3, 0.4) is 0 Å². The van der Waals surface area contributed by atoms with Crippen LogP contribution in [0.2, 0.25) is 0 Å². The maximum atomic E-state index is 14.8. The molecule has 0 aliphatic rings. The zero-order chi connectivity index (χ0) is 23.2. The molecule has 0 aliphatic carbocycles. The maximum absolute atomic E-state index is 14.8. The van der Waals surface area contributed by atoms with E-state index in [4.69, 9.17) is 5.41 Å². The summed E-state index contributed by atoms with van der Waals surface area (Å²) in [4.78, 5) is 3.24. The van der Waals surface area contributed by atoms with Crippen LogP contribution in [0.5, 0.6) is 0 Å². The largest absolute Gasteiger partial charge is 0.416 e. The molecule has 1 aromatic carbocycles. The lowest BCUT2D eigenvalue weighted by Gasteiger charge is -2.09. The Bertz CT molecular complexity index is 1000. The van der Waals surface area contributed by atoms with E-state index in [9.17, 15) is 22.0 Å². The number of anilines is 1. The average molecular weight is 456 g/mol. The van der Waals surface area contributed by atoms with Crippen LogP contribution in [-0.4, -0.2) is 17.7 Å². The molecular formula is C21H21F5N4S. The van der Waals surface area contributed by atoms with Crippen LogP contribution in [0.1, 0.15) is 30.0 Å². The van der Waals surface area contributed by atoms with E-state index in [1.807, 2.05) is 0 Å². The number of rotatable bonds is 9. The van der Waals surface area contributed by atoms with Gasteiger partial charge in [0.1, 0.15) is 17.5 Å². The number of hydrogen-bond donors (Lipinski definition) is 4. The zero-order valence-electron chi connectivity index (χ0n) is 16.8. The van der Waals surface area contributed by atoms with Crippen LogP contribution in [0.25, 0.3) is 5.83 Å². The van der Waals surface area contributed by atoms with E-state index < -0.39 is 23.4 Å². The molecule has 0 saturated heterocycles. The van der Waals surface area contributed by atoms with E-state index in [0.29, 0.717) is 22.7 Å². The van der Waals surface area contributed by atoms with Crippen molar-refractivity contribution >= 4 is 29.3 Å². The molecule has 2 rings (SSSR count). The lowest BCUT2D eigenvalue weighted by molar-refractivity contribution is -0.137. The van der Waals surface area contributed by atoms with Crippen molar-refractivity contribution < 1.29 is 22.0 Å². The van der Waals surface area contributed by atoms with Gasteiger partial charge in [-0.15, -0.1) is 0 Å². The van der Waals surface area contributed by atoms with Crippen molar-refractivity contribution in [2.75, 3.05) is 12.4 Å². The van der Waals surface area contributed by atoms with E-state index in [0.717, 1.165) is 36.2 Å². The summed E-state index contributed by atoms with van der Waals surface area (Å²) < 4.78 is 69.0. The molecule has 2 aromatic rings. The van der Waals surface area contributed by atoms with E-state index >= 15 is 0 Å². The first-order valence-electron chi connectivity index (χ1n) is 9.08. The van der Waals surface area contributed by atoms with Crippen molar-refractivity contribution in [1.29, 1.82) is 5.41 Å². The molecule has 1 heterocycles. The van der Waals surface area contributed by atoms with Crippen molar-refractivity contribution in [3.63, 3.8) is 0 Å². The Morgan fingerprint density at radius 1 is 1.19 bits per heavy atom. The van der Waals surface area contributed by atoms with Gasteiger partial charge in [0.2, 0.25) is 0 Å². The zero-order valence-corrected chi connectivity index (χ0v) is 17.6. The molecule has 4 nitrogen and oxygen atoms in total. The third-order valence-corrected chi connectivity index (χ3v) is 5.02. The van der Waals surface area contributed by atoms with Gasteiger partial charge >= 0.3 is 6.18 Å². The Morgan fingerprint density at radius 3 is 2.35 bits per heavy atom. The minimum absolute atomic E-state index is 0.145. The van der Waals surface area contributed by atoms with Crippen molar-refractivity contribution in [3.8, 4) is 0 Å². The van der Waals surface area contributed by atoms with E-state index in [-0.39, 0.29) is 17.0 Å². The quantitative estimate of drug-likeness (QED) is 0.145. The molecule has 0 atom stereocenters. The first-order valence-corrected chi connectivity index (χ1v) is 9.89. The molecule has 0 radical (unpaired) electrons. The highest BCUT2D eigenvalue weighted by Crippen LogP contribution is 2.31. The number of H-pyrrole nitrogens is 1. The van der Waals surface area contributed by atoms with Crippen LogP contribution < -0.4 is 10.0 Å². The molecule has 0 saturated carbocycles. The van der Waals surface area contributed by atoms with E-state index in [2.05, 4.69) is 21.6 Å². The predicted octanol–water partition coefficient (Wildman–Crippen LogP) is 6.83. The molecular weight excluding hydrogens is 435 g/mol. The second-order valence-electron chi connectivity index (χ2n) is 6.26. The Labute approximate surface area is 181 Å². The van der Waals surface area contributed by atoms with Gasteiger partial charge in [-0.2, -0.15) is 13.2 Å². The second kappa shape index (κ2) is 10.3. The summed E-state index contributed by atoms with van der Waals surface area (Å²) in [6.45, 7) is 4.95. The van der Waals surface area contributed by atoms with Crippen LogP contribution in [-0.2, 0) is 6.18 Å². The normalized spacial score (nSPS) is 12.6. The van der Waals surface area contributed by atoms with Gasteiger partial charge < -0.3 is 20.4 Å². The molecule has 166 valence electrons. The van der Waals surface area contributed by atoms with Gasteiger partial charge in [0.15, 0.2) is 0 Å². The number of allylic oxidation sites excluding steroid dienone is 3. The summed E-state index contributed by atoms with van der Waals surface area (Å²) >= 11 is 0.855. The van der Waals surface area contributed by atoms with E-state index in [1.54, 1.807) is 14.0 Å². The van der Waals surface area contributed by atoms with Gasteiger partial charge in [-0.3, -0.25) is 0 Å². The number of aromatic nitrogens is 1. The van der Waals surface area contributed by atoms with Crippen LogP contribution in [0.15, 0.2) is 65.6 Å². The second-order valence-corrected chi connectivity index (χ2v) is 7.14. The van der Waals surface area contributed by atoms with Gasteiger partial charge in [0.25, 0.3) is 0 Å². The summed E-state index contributed by atoms with van der Waals surface area (Å²) in [5.41, 5.74) is -0.212. The fourth-order valence-corrected chi connectivity index (χ4v) is 3.23. The summed E-state index contributed by atoms with van der Waals surface area (Å²) in [5, 5.41) is 10.9. The molecule has 0 spiro atoms. The SMILES string of the molecule is C=C(F)/C(=C\C=C(\F)c1c[nH]c(NC)c1C(=N)CC)NSc1ccc(C(F)(F)F)cc1.